The Morgan fingerprint density at radius 1 is 1.03 bits per heavy atom. The summed E-state index contributed by atoms with van der Waals surface area (Å²) in [7, 11) is -2.77. The predicted molar refractivity (Wildman–Crippen MR) is 116 cm³/mol. The molecule has 0 saturated heterocycles. The minimum Gasteiger partial charge on any atom is -0.497 e. The number of anilines is 1. The van der Waals surface area contributed by atoms with Crippen molar-refractivity contribution in [3.63, 3.8) is 0 Å². The fourth-order valence-electron chi connectivity index (χ4n) is 2.61. The number of ether oxygens (including phenoxy) is 1. The molecular weight excluding hydrogens is 419 g/mol. The van der Waals surface area contributed by atoms with Crippen LogP contribution in [0.3, 0.4) is 0 Å². The van der Waals surface area contributed by atoms with Crippen molar-refractivity contribution in [3.05, 3.63) is 89.7 Å². The third kappa shape index (κ3) is 5.84. The van der Waals surface area contributed by atoms with Gasteiger partial charge in [-0.3, -0.25) is 9.52 Å². The molecule has 0 fully saturated rings. The number of rotatable bonds is 6. The molecule has 31 heavy (non-hydrogen) atoms. The normalized spacial score (nSPS) is 10.5. The van der Waals surface area contributed by atoms with E-state index < -0.39 is 26.6 Å². The molecule has 0 aliphatic carbocycles. The minimum atomic E-state index is -4.25. The predicted octanol–water partition coefficient (Wildman–Crippen LogP) is 3.42. The van der Waals surface area contributed by atoms with Gasteiger partial charge in [0.15, 0.2) is 0 Å². The number of nitrogens with one attached hydrogen (secondary N) is 2. The third-order valence-corrected chi connectivity index (χ3v) is 5.57. The highest BCUT2D eigenvalue weighted by Gasteiger charge is 2.21. The summed E-state index contributed by atoms with van der Waals surface area (Å²) in [6.45, 7) is 0.0529. The molecule has 0 radical (unpaired) electrons. The van der Waals surface area contributed by atoms with Crippen molar-refractivity contribution in [2.24, 2.45) is 0 Å². The first-order valence-corrected chi connectivity index (χ1v) is 10.7. The minimum absolute atomic E-state index is 0.00184. The van der Waals surface area contributed by atoms with E-state index in [4.69, 9.17) is 4.74 Å². The Morgan fingerprint density at radius 2 is 1.74 bits per heavy atom. The highest BCUT2D eigenvalue weighted by Crippen LogP contribution is 2.22. The zero-order valence-corrected chi connectivity index (χ0v) is 17.4. The first-order chi connectivity index (χ1) is 14.9. The average Bonchev–Trinajstić information content (AvgIpc) is 2.77. The van der Waals surface area contributed by atoms with Crippen LogP contribution < -0.4 is 14.8 Å². The molecule has 0 heterocycles. The lowest BCUT2D eigenvalue weighted by Crippen LogP contribution is -2.24. The molecule has 0 atom stereocenters. The van der Waals surface area contributed by atoms with E-state index in [9.17, 15) is 17.6 Å². The maximum Gasteiger partial charge on any atom is 0.264 e. The second kappa shape index (κ2) is 9.78. The molecule has 158 valence electrons. The number of carbonyl (C=O) groups excluding carboxylic acids is 1. The SMILES string of the molecule is COc1ccc(NS(=O)(=O)c2cc(C(=O)NCC#Cc3ccccc3)ccc2F)cc1. The Morgan fingerprint density at radius 3 is 2.42 bits per heavy atom. The molecule has 3 aromatic rings. The summed E-state index contributed by atoms with van der Waals surface area (Å²) in [4.78, 5) is 11.7. The van der Waals surface area contributed by atoms with E-state index in [0.717, 1.165) is 17.7 Å². The Balaban J connectivity index is 1.72. The molecular formula is C23H19FN2O4S. The van der Waals surface area contributed by atoms with Crippen molar-refractivity contribution >= 4 is 21.6 Å². The summed E-state index contributed by atoms with van der Waals surface area (Å²) in [6, 6.07) is 18.5. The van der Waals surface area contributed by atoms with E-state index in [0.29, 0.717) is 5.75 Å². The molecule has 8 heteroatoms. The standard InChI is InChI=1S/C23H19FN2O4S/c1-30-20-12-10-19(11-13-20)26-31(28,29)22-16-18(9-14-21(22)24)23(27)25-15-5-8-17-6-3-2-4-7-17/h2-4,6-7,9-14,16,26H,15H2,1H3,(H,25,27). The van der Waals surface area contributed by atoms with E-state index >= 15 is 0 Å². The van der Waals surface area contributed by atoms with Gasteiger partial charge in [0.1, 0.15) is 16.5 Å². The Hall–Kier alpha value is -3.83. The zero-order chi connectivity index (χ0) is 22.3. The van der Waals surface area contributed by atoms with Gasteiger partial charge < -0.3 is 10.1 Å². The summed E-state index contributed by atoms with van der Waals surface area (Å²) in [5.41, 5.74) is 1.03. The van der Waals surface area contributed by atoms with Gasteiger partial charge in [0, 0.05) is 16.8 Å². The van der Waals surface area contributed by atoms with E-state index in [2.05, 4.69) is 21.9 Å². The van der Waals surface area contributed by atoms with Gasteiger partial charge >= 0.3 is 0 Å². The maximum absolute atomic E-state index is 14.3. The van der Waals surface area contributed by atoms with Crippen molar-refractivity contribution in [1.82, 2.24) is 5.32 Å². The summed E-state index contributed by atoms with van der Waals surface area (Å²) in [5, 5.41) is 2.57. The lowest BCUT2D eigenvalue weighted by Gasteiger charge is -2.11. The molecule has 0 aromatic heterocycles. The molecule has 1 amide bonds. The van der Waals surface area contributed by atoms with Gasteiger partial charge in [-0.05, 0) is 54.6 Å². The third-order valence-electron chi connectivity index (χ3n) is 4.17. The van der Waals surface area contributed by atoms with Crippen LogP contribution in [0.15, 0.2) is 77.7 Å². The second-order valence-corrected chi connectivity index (χ2v) is 7.98. The van der Waals surface area contributed by atoms with E-state index in [1.165, 1.54) is 25.3 Å². The van der Waals surface area contributed by atoms with Crippen molar-refractivity contribution in [2.75, 3.05) is 18.4 Å². The van der Waals surface area contributed by atoms with E-state index in [1.807, 2.05) is 30.3 Å². The lowest BCUT2D eigenvalue weighted by atomic mass is 10.2. The van der Waals surface area contributed by atoms with Crippen molar-refractivity contribution in [3.8, 4) is 17.6 Å². The highest BCUT2D eigenvalue weighted by molar-refractivity contribution is 7.92. The summed E-state index contributed by atoms with van der Waals surface area (Å²) in [5.74, 6) is 4.70. The summed E-state index contributed by atoms with van der Waals surface area (Å²) < 4.78 is 46.8. The lowest BCUT2D eigenvalue weighted by molar-refractivity contribution is 0.0958. The smallest absolute Gasteiger partial charge is 0.264 e. The number of hydrogen-bond donors (Lipinski definition) is 2. The molecule has 0 bridgehead atoms. The molecule has 0 unspecified atom stereocenters. The summed E-state index contributed by atoms with van der Waals surface area (Å²) in [6.07, 6.45) is 0. The molecule has 3 aromatic carbocycles. The number of sulfonamides is 1. The Labute approximate surface area is 180 Å². The van der Waals surface area contributed by atoms with Crippen LogP contribution in [0.5, 0.6) is 5.75 Å². The largest absolute Gasteiger partial charge is 0.497 e. The quantitative estimate of drug-likeness (QED) is 0.578. The van der Waals surface area contributed by atoms with Crippen LogP contribution in [0.2, 0.25) is 0 Å². The van der Waals surface area contributed by atoms with Crippen LogP contribution in [0.25, 0.3) is 0 Å². The van der Waals surface area contributed by atoms with Crippen LogP contribution in [-0.2, 0) is 10.0 Å². The number of carbonyl (C=O) groups is 1. The van der Waals surface area contributed by atoms with Gasteiger partial charge in [0.05, 0.1) is 13.7 Å². The monoisotopic (exact) mass is 438 g/mol. The van der Waals surface area contributed by atoms with E-state index in [-0.39, 0.29) is 17.8 Å². The van der Waals surface area contributed by atoms with Gasteiger partial charge in [-0.2, -0.15) is 0 Å². The average molecular weight is 438 g/mol. The molecule has 6 nitrogen and oxygen atoms in total. The number of benzene rings is 3. The molecule has 0 aliphatic heterocycles. The van der Waals surface area contributed by atoms with Crippen molar-refractivity contribution < 1.29 is 22.3 Å². The van der Waals surface area contributed by atoms with Gasteiger partial charge in [-0.15, -0.1) is 0 Å². The van der Waals surface area contributed by atoms with Gasteiger partial charge in [-0.1, -0.05) is 30.0 Å². The van der Waals surface area contributed by atoms with Gasteiger partial charge in [0.25, 0.3) is 15.9 Å². The second-order valence-electron chi connectivity index (χ2n) is 6.33. The fourth-order valence-corrected chi connectivity index (χ4v) is 3.78. The van der Waals surface area contributed by atoms with Crippen LogP contribution in [-0.4, -0.2) is 28.0 Å². The number of methoxy groups -OCH3 is 1. The molecule has 0 aliphatic rings. The molecule has 2 N–H and O–H groups in total. The number of amides is 1. The molecule has 0 spiro atoms. The van der Waals surface area contributed by atoms with Gasteiger partial charge in [0.2, 0.25) is 0 Å². The Kier molecular flexibility index (Phi) is 6.90. The molecule has 0 saturated carbocycles. The number of hydrogen-bond acceptors (Lipinski definition) is 4. The zero-order valence-electron chi connectivity index (χ0n) is 16.6. The first kappa shape index (κ1) is 21.9. The Bertz CT molecular complexity index is 1230. The van der Waals surface area contributed by atoms with Crippen LogP contribution in [0.1, 0.15) is 15.9 Å². The van der Waals surface area contributed by atoms with Crippen LogP contribution in [0.4, 0.5) is 10.1 Å². The van der Waals surface area contributed by atoms with Gasteiger partial charge in [-0.25, -0.2) is 12.8 Å². The summed E-state index contributed by atoms with van der Waals surface area (Å²) >= 11 is 0. The highest BCUT2D eigenvalue weighted by atomic mass is 32.2. The topological polar surface area (TPSA) is 84.5 Å². The van der Waals surface area contributed by atoms with Crippen molar-refractivity contribution in [1.29, 1.82) is 0 Å². The van der Waals surface area contributed by atoms with Crippen LogP contribution >= 0.6 is 0 Å². The number of halogens is 1. The molecule has 3 rings (SSSR count). The van der Waals surface area contributed by atoms with Crippen molar-refractivity contribution in [2.45, 2.75) is 4.90 Å². The van der Waals surface area contributed by atoms with Crippen LogP contribution in [0, 0.1) is 17.7 Å². The first-order valence-electron chi connectivity index (χ1n) is 9.17. The van der Waals surface area contributed by atoms with E-state index in [1.54, 1.807) is 12.1 Å². The fraction of sp³-hybridized carbons (Fsp3) is 0.0870. The maximum atomic E-state index is 14.3.